The molecule has 18 heavy (non-hydrogen) atoms. The molecule has 0 amide bonds. The van der Waals surface area contributed by atoms with Crippen molar-refractivity contribution >= 4 is 45.5 Å². The minimum atomic E-state index is 0.521. The van der Waals surface area contributed by atoms with Crippen LogP contribution in [0.5, 0.6) is 0 Å². The lowest BCUT2D eigenvalue weighted by molar-refractivity contribution is 1.00. The van der Waals surface area contributed by atoms with Crippen molar-refractivity contribution in [3.05, 3.63) is 47.5 Å². The van der Waals surface area contributed by atoms with Crippen LogP contribution in [0.4, 0.5) is 0 Å². The molecule has 0 radical (unpaired) electrons. The molecule has 0 aliphatic carbocycles. The van der Waals surface area contributed by atoms with Crippen LogP contribution < -0.4 is 0 Å². The highest BCUT2D eigenvalue weighted by molar-refractivity contribution is 7.78. The van der Waals surface area contributed by atoms with Crippen LogP contribution in [-0.2, 0) is 13.1 Å². The van der Waals surface area contributed by atoms with Gasteiger partial charge in [-0.3, -0.25) is 0 Å². The third kappa shape index (κ3) is 2.76. The summed E-state index contributed by atoms with van der Waals surface area (Å²) in [6, 6.07) is 12.3. The van der Waals surface area contributed by atoms with E-state index >= 15 is 0 Å². The van der Waals surface area contributed by atoms with Gasteiger partial charge in [0, 0.05) is 0 Å². The van der Waals surface area contributed by atoms with Crippen LogP contribution in [0.2, 0.25) is 0 Å². The predicted octanol–water partition coefficient (Wildman–Crippen LogP) is 4.05. The Bertz CT molecular complexity index is 667. The highest BCUT2D eigenvalue weighted by Crippen LogP contribution is 2.24. The molecule has 2 aromatic rings. The van der Waals surface area contributed by atoms with Gasteiger partial charge in [0.15, 0.2) is 0 Å². The fourth-order valence-electron chi connectivity index (χ4n) is 1.94. The number of fused-ring (bicyclic) bond motifs is 1. The molecule has 0 aliphatic rings. The fourth-order valence-corrected chi connectivity index (χ4v) is 2.07. The van der Waals surface area contributed by atoms with E-state index in [2.05, 4.69) is 62.9 Å². The van der Waals surface area contributed by atoms with E-state index in [0.29, 0.717) is 13.1 Å². The van der Waals surface area contributed by atoms with Crippen molar-refractivity contribution in [2.24, 2.45) is 9.98 Å². The molecule has 0 heterocycles. The maximum absolute atomic E-state index is 4.64. The summed E-state index contributed by atoms with van der Waals surface area (Å²) in [4.78, 5) is 8.03. The summed E-state index contributed by atoms with van der Waals surface area (Å²) >= 11 is 9.24. The Hall–Kier alpha value is -1.70. The van der Waals surface area contributed by atoms with E-state index in [9.17, 15) is 0 Å². The normalized spacial score (nSPS) is 9.56. The summed E-state index contributed by atoms with van der Waals surface area (Å²) in [6.07, 6.45) is 0. The second-order valence-electron chi connectivity index (χ2n) is 3.74. The molecule has 0 spiro atoms. The summed E-state index contributed by atoms with van der Waals surface area (Å²) in [7, 11) is 0. The molecule has 2 aromatic carbocycles. The number of benzene rings is 2. The second-order valence-corrected chi connectivity index (χ2v) is 4.10. The van der Waals surface area contributed by atoms with Gasteiger partial charge in [0.1, 0.15) is 0 Å². The molecular formula is C14H10N2S2. The largest absolute Gasteiger partial charge is 0.228 e. The number of rotatable bonds is 4. The van der Waals surface area contributed by atoms with Crippen LogP contribution in [0.3, 0.4) is 0 Å². The predicted molar refractivity (Wildman–Crippen MR) is 81.4 cm³/mol. The molecule has 0 N–H and O–H groups in total. The standard InChI is InChI=1S/C14H10N2S2/c17-9-15-7-12-6-5-11-3-1-2-4-13(11)14(12)8-16-10-18/h1-6H,7-8H2. The van der Waals surface area contributed by atoms with Gasteiger partial charge in [-0.1, -0.05) is 36.4 Å². The first kappa shape index (κ1) is 12.7. The molecule has 0 saturated carbocycles. The molecule has 0 aromatic heterocycles. The van der Waals surface area contributed by atoms with Gasteiger partial charge in [0.2, 0.25) is 0 Å². The Kier molecular flexibility index (Phi) is 4.46. The second kappa shape index (κ2) is 6.29. The molecule has 0 unspecified atom stereocenters. The minimum Gasteiger partial charge on any atom is -0.228 e. The molecule has 0 bridgehead atoms. The SMILES string of the molecule is S=C=NCc1ccc2ccccc2c1CN=C=S. The van der Waals surface area contributed by atoms with Crippen molar-refractivity contribution in [2.45, 2.75) is 13.1 Å². The van der Waals surface area contributed by atoms with E-state index in [-0.39, 0.29) is 0 Å². The lowest BCUT2D eigenvalue weighted by Crippen LogP contribution is -1.93. The average molecular weight is 270 g/mol. The van der Waals surface area contributed by atoms with Crippen molar-refractivity contribution < 1.29 is 0 Å². The highest BCUT2D eigenvalue weighted by Gasteiger charge is 2.06. The summed E-state index contributed by atoms with van der Waals surface area (Å²) in [5.41, 5.74) is 2.22. The van der Waals surface area contributed by atoms with Crippen LogP contribution >= 0.6 is 24.4 Å². The molecule has 2 nitrogen and oxygen atoms in total. The number of isothiocyanates is 2. The topological polar surface area (TPSA) is 24.7 Å². The highest BCUT2D eigenvalue weighted by atomic mass is 32.1. The van der Waals surface area contributed by atoms with E-state index in [0.717, 1.165) is 11.1 Å². The maximum Gasteiger partial charge on any atom is 0.0752 e. The van der Waals surface area contributed by atoms with Crippen LogP contribution in [0.25, 0.3) is 10.8 Å². The zero-order valence-corrected chi connectivity index (χ0v) is 11.2. The number of nitrogens with zero attached hydrogens (tertiary/aromatic N) is 2. The van der Waals surface area contributed by atoms with Gasteiger partial charge in [-0.25, -0.2) is 9.98 Å². The van der Waals surface area contributed by atoms with Crippen molar-refractivity contribution in [3.8, 4) is 0 Å². The van der Waals surface area contributed by atoms with Crippen molar-refractivity contribution in [2.75, 3.05) is 0 Å². The summed E-state index contributed by atoms with van der Waals surface area (Å²) < 4.78 is 0. The van der Waals surface area contributed by atoms with Gasteiger partial charge >= 0.3 is 0 Å². The van der Waals surface area contributed by atoms with E-state index in [1.807, 2.05) is 18.2 Å². The lowest BCUT2D eigenvalue weighted by atomic mass is 9.99. The van der Waals surface area contributed by atoms with Crippen molar-refractivity contribution in [1.82, 2.24) is 0 Å². The third-order valence-electron chi connectivity index (χ3n) is 2.75. The first-order valence-electron chi connectivity index (χ1n) is 5.43. The zero-order chi connectivity index (χ0) is 12.8. The van der Waals surface area contributed by atoms with Crippen molar-refractivity contribution in [3.63, 3.8) is 0 Å². The Labute approximate surface area is 116 Å². The van der Waals surface area contributed by atoms with E-state index < -0.39 is 0 Å². The van der Waals surface area contributed by atoms with Crippen LogP contribution in [0.1, 0.15) is 11.1 Å². The van der Waals surface area contributed by atoms with Gasteiger partial charge in [-0.05, 0) is 46.3 Å². The first-order valence-corrected chi connectivity index (χ1v) is 6.25. The number of hydrogen-bond donors (Lipinski definition) is 0. The van der Waals surface area contributed by atoms with Gasteiger partial charge in [0.05, 0.1) is 23.4 Å². The average Bonchev–Trinajstić information content (AvgIpc) is 2.43. The van der Waals surface area contributed by atoms with Crippen molar-refractivity contribution in [1.29, 1.82) is 0 Å². The fraction of sp³-hybridized carbons (Fsp3) is 0.143. The summed E-state index contributed by atoms with van der Waals surface area (Å²) in [6.45, 7) is 1.05. The van der Waals surface area contributed by atoms with Gasteiger partial charge in [-0.2, -0.15) is 0 Å². The molecular weight excluding hydrogens is 260 g/mol. The van der Waals surface area contributed by atoms with Gasteiger partial charge < -0.3 is 0 Å². The summed E-state index contributed by atoms with van der Waals surface area (Å²) in [5, 5.41) is 7.15. The molecule has 0 saturated heterocycles. The number of hydrogen-bond acceptors (Lipinski definition) is 4. The smallest absolute Gasteiger partial charge is 0.0752 e. The van der Waals surface area contributed by atoms with Gasteiger partial charge in [0.25, 0.3) is 0 Å². The molecule has 0 fully saturated rings. The molecule has 4 heteroatoms. The lowest BCUT2D eigenvalue weighted by Gasteiger charge is -2.09. The molecule has 88 valence electrons. The molecule has 2 rings (SSSR count). The quantitative estimate of drug-likeness (QED) is 0.618. The Morgan fingerprint density at radius 1 is 0.889 bits per heavy atom. The summed E-state index contributed by atoms with van der Waals surface area (Å²) in [5.74, 6) is 0. The van der Waals surface area contributed by atoms with Gasteiger partial charge in [-0.15, -0.1) is 0 Å². The van der Waals surface area contributed by atoms with Crippen LogP contribution in [0.15, 0.2) is 46.4 Å². The van der Waals surface area contributed by atoms with E-state index in [1.54, 1.807) is 0 Å². The minimum absolute atomic E-state index is 0.521. The van der Waals surface area contributed by atoms with Crippen LogP contribution in [0, 0.1) is 0 Å². The third-order valence-corrected chi connectivity index (χ3v) is 3.01. The molecule has 0 atom stereocenters. The first-order chi connectivity index (χ1) is 8.86. The van der Waals surface area contributed by atoms with E-state index in [4.69, 9.17) is 0 Å². The van der Waals surface area contributed by atoms with Crippen LogP contribution in [-0.4, -0.2) is 10.3 Å². The molecule has 0 aliphatic heterocycles. The Morgan fingerprint density at radius 2 is 1.61 bits per heavy atom. The monoisotopic (exact) mass is 270 g/mol. The number of thiocarbonyl (C=S) groups is 2. The maximum atomic E-state index is 4.64. The Morgan fingerprint density at radius 3 is 2.39 bits per heavy atom. The zero-order valence-electron chi connectivity index (χ0n) is 9.59. The number of aliphatic imine (C=N–C) groups is 2. The van der Waals surface area contributed by atoms with E-state index in [1.165, 1.54) is 10.8 Å². The Balaban J connectivity index is 2.61.